The number of hydrogen-bond donors (Lipinski definition) is 1. The zero-order valence-corrected chi connectivity index (χ0v) is 12.6. The molecule has 2 rings (SSSR count). The quantitative estimate of drug-likeness (QED) is 0.926. The summed E-state index contributed by atoms with van der Waals surface area (Å²) in [5, 5.41) is 0. The number of halogens is 1. The fourth-order valence-electron chi connectivity index (χ4n) is 2.36. The van der Waals surface area contributed by atoms with E-state index in [1.807, 2.05) is 36.1 Å². The van der Waals surface area contributed by atoms with Crippen molar-refractivity contribution in [2.45, 2.75) is 31.8 Å². The Morgan fingerprint density at radius 1 is 1.58 bits per heavy atom. The van der Waals surface area contributed by atoms with Crippen LogP contribution >= 0.6 is 15.9 Å². The molecule has 1 saturated heterocycles. The number of ether oxygens (including phenoxy) is 1. The number of nitrogens with zero attached hydrogens (tertiary/aromatic N) is 1. The van der Waals surface area contributed by atoms with Crippen molar-refractivity contribution < 1.29 is 9.53 Å². The molecule has 2 N–H and O–H groups in total. The molecule has 5 heteroatoms. The Morgan fingerprint density at radius 3 is 3.05 bits per heavy atom. The van der Waals surface area contributed by atoms with E-state index in [4.69, 9.17) is 10.5 Å². The van der Waals surface area contributed by atoms with Gasteiger partial charge in [0.05, 0.1) is 0 Å². The molecule has 19 heavy (non-hydrogen) atoms. The van der Waals surface area contributed by atoms with Crippen LogP contribution in [0.2, 0.25) is 0 Å². The van der Waals surface area contributed by atoms with Gasteiger partial charge in [-0.15, -0.1) is 0 Å². The third-order valence-corrected chi connectivity index (χ3v) is 3.89. The van der Waals surface area contributed by atoms with Crippen LogP contribution in [-0.4, -0.2) is 36.0 Å². The van der Waals surface area contributed by atoms with E-state index in [-0.39, 0.29) is 24.6 Å². The second kappa shape index (κ2) is 6.39. The highest BCUT2D eigenvalue weighted by Crippen LogP contribution is 2.19. The van der Waals surface area contributed by atoms with E-state index in [2.05, 4.69) is 15.9 Å². The minimum atomic E-state index is 0.0272. The Balaban J connectivity index is 1.87. The van der Waals surface area contributed by atoms with Gasteiger partial charge in [-0.25, -0.2) is 0 Å². The molecule has 1 aromatic carbocycles. The van der Waals surface area contributed by atoms with Crippen LogP contribution in [0.1, 0.15) is 19.8 Å². The molecular formula is C14H19BrN2O2. The summed E-state index contributed by atoms with van der Waals surface area (Å²) in [7, 11) is 0. The second-order valence-electron chi connectivity index (χ2n) is 4.97. The molecule has 0 aromatic heterocycles. The lowest BCUT2D eigenvalue weighted by molar-refractivity contribution is -0.136. The lowest BCUT2D eigenvalue weighted by atomic mass is 9.99. The first-order chi connectivity index (χ1) is 9.06. The Kier molecular flexibility index (Phi) is 4.82. The Labute approximate surface area is 122 Å². The van der Waals surface area contributed by atoms with Crippen molar-refractivity contribution in [1.29, 1.82) is 0 Å². The molecule has 1 aliphatic heterocycles. The van der Waals surface area contributed by atoms with Gasteiger partial charge in [-0.1, -0.05) is 22.0 Å². The summed E-state index contributed by atoms with van der Waals surface area (Å²) < 4.78 is 6.46. The first-order valence-electron chi connectivity index (χ1n) is 6.49. The third kappa shape index (κ3) is 3.94. The summed E-state index contributed by atoms with van der Waals surface area (Å²) in [6, 6.07) is 7.90. The second-order valence-corrected chi connectivity index (χ2v) is 5.88. The predicted octanol–water partition coefficient (Wildman–Crippen LogP) is 2.17. The molecule has 104 valence electrons. The molecule has 0 bridgehead atoms. The van der Waals surface area contributed by atoms with Crippen molar-refractivity contribution in [3.8, 4) is 5.75 Å². The van der Waals surface area contributed by atoms with E-state index in [0.717, 1.165) is 23.9 Å². The summed E-state index contributed by atoms with van der Waals surface area (Å²) in [5.74, 6) is 0.725. The van der Waals surface area contributed by atoms with Crippen LogP contribution < -0.4 is 10.5 Å². The van der Waals surface area contributed by atoms with E-state index in [1.54, 1.807) is 0 Å². The van der Waals surface area contributed by atoms with Crippen molar-refractivity contribution in [3.63, 3.8) is 0 Å². The first-order valence-corrected chi connectivity index (χ1v) is 7.29. The smallest absolute Gasteiger partial charge is 0.260 e. The number of carbonyl (C=O) groups excluding carboxylic acids is 1. The lowest BCUT2D eigenvalue weighted by Gasteiger charge is -2.36. The molecule has 1 amide bonds. The molecule has 0 aliphatic carbocycles. The number of benzene rings is 1. The van der Waals surface area contributed by atoms with E-state index in [0.29, 0.717) is 5.75 Å². The molecule has 2 atom stereocenters. The van der Waals surface area contributed by atoms with Gasteiger partial charge in [0.15, 0.2) is 6.61 Å². The highest BCUT2D eigenvalue weighted by Gasteiger charge is 2.27. The summed E-state index contributed by atoms with van der Waals surface area (Å²) in [6.45, 7) is 2.84. The Morgan fingerprint density at radius 2 is 2.37 bits per heavy atom. The van der Waals surface area contributed by atoms with Crippen LogP contribution in [0.15, 0.2) is 28.7 Å². The SMILES string of the molecule is C[C@H]1C[C@@H](N)CCN1C(=O)COc1cccc(Br)c1. The molecule has 4 nitrogen and oxygen atoms in total. The number of hydrogen-bond acceptors (Lipinski definition) is 3. The van der Waals surface area contributed by atoms with Gasteiger partial charge in [-0.2, -0.15) is 0 Å². The monoisotopic (exact) mass is 326 g/mol. The number of carbonyl (C=O) groups is 1. The molecular weight excluding hydrogens is 308 g/mol. The van der Waals surface area contributed by atoms with Gasteiger partial charge in [0.25, 0.3) is 5.91 Å². The maximum absolute atomic E-state index is 12.1. The van der Waals surface area contributed by atoms with Gasteiger partial charge in [0, 0.05) is 23.1 Å². The number of amides is 1. The zero-order valence-electron chi connectivity index (χ0n) is 11.0. The maximum atomic E-state index is 12.1. The van der Waals surface area contributed by atoms with Gasteiger partial charge in [0.2, 0.25) is 0 Å². The van der Waals surface area contributed by atoms with Crippen LogP contribution in [0.3, 0.4) is 0 Å². The van der Waals surface area contributed by atoms with Crippen molar-refractivity contribution in [2.24, 2.45) is 5.73 Å². The van der Waals surface area contributed by atoms with E-state index < -0.39 is 0 Å². The van der Waals surface area contributed by atoms with Gasteiger partial charge in [-0.05, 0) is 38.0 Å². The fraction of sp³-hybridized carbons (Fsp3) is 0.500. The minimum Gasteiger partial charge on any atom is -0.484 e. The topological polar surface area (TPSA) is 55.6 Å². The van der Waals surface area contributed by atoms with Crippen LogP contribution in [0.5, 0.6) is 5.75 Å². The van der Waals surface area contributed by atoms with Gasteiger partial charge < -0.3 is 15.4 Å². The molecule has 1 heterocycles. The normalized spacial score (nSPS) is 23.2. The van der Waals surface area contributed by atoms with Gasteiger partial charge >= 0.3 is 0 Å². The highest BCUT2D eigenvalue weighted by atomic mass is 79.9. The van der Waals surface area contributed by atoms with Crippen LogP contribution in [-0.2, 0) is 4.79 Å². The molecule has 0 radical (unpaired) electrons. The summed E-state index contributed by atoms with van der Waals surface area (Å²) in [4.78, 5) is 14.0. The van der Waals surface area contributed by atoms with Gasteiger partial charge in [0.1, 0.15) is 5.75 Å². The van der Waals surface area contributed by atoms with Crippen molar-refractivity contribution >= 4 is 21.8 Å². The van der Waals surface area contributed by atoms with Crippen LogP contribution in [0.25, 0.3) is 0 Å². The van der Waals surface area contributed by atoms with Crippen LogP contribution in [0, 0.1) is 0 Å². The molecule has 1 aromatic rings. The van der Waals surface area contributed by atoms with Crippen molar-refractivity contribution in [1.82, 2.24) is 4.90 Å². The largest absolute Gasteiger partial charge is 0.484 e. The Hall–Kier alpha value is -1.07. The number of likely N-dealkylation sites (tertiary alicyclic amines) is 1. The third-order valence-electron chi connectivity index (χ3n) is 3.40. The van der Waals surface area contributed by atoms with Crippen LogP contribution in [0.4, 0.5) is 0 Å². The number of nitrogens with two attached hydrogens (primary N) is 1. The number of piperidine rings is 1. The first kappa shape index (κ1) is 14.3. The molecule has 0 spiro atoms. The molecule has 1 fully saturated rings. The predicted molar refractivity (Wildman–Crippen MR) is 78.0 cm³/mol. The van der Waals surface area contributed by atoms with Gasteiger partial charge in [-0.3, -0.25) is 4.79 Å². The average molecular weight is 327 g/mol. The lowest BCUT2D eigenvalue weighted by Crippen LogP contribution is -2.49. The van der Waals surface area contributed by atoms with Crippen molar-refractivity contribution in [2.75, 3.05) is 13.2 Å². The fourth-order valence-corrected chi connectivity index (χ4v) is 2.74. The average Bonchev–Trinajstić information content (AvgIpc) is 2.36. The van der Waals surface area contributed by atoms with E-state index in [1.165, 1.54) is 0 Å². The van der Waals surface area contributed by atoms with Crippen molar-refractivity contribution in [3.05, 3.63) is 28.7 Å². The summed E-state index contributed by atoms with van der Waals surface area (Å²) >= 11 is 3.37. The standard InChI is InChI=1S/C14H19BrN2O2/c1-10-7-12(16)5-6-17(10)14(18)9-19-13-4-2-3-11(15)8-13/h2-4,8,10,12H,5-7,9,16H2,1H3/t10-,12-/m0/s1. The molecule has 0 saturated carbocycles. The molecule has 1 aliphatic rings. The zero-order chi connectivity index (χ0) is 13.8. The van der Waals surface area contributed by atoms with E-state index >= 15 is 0 Å². The maximum Gasteiger partial charge on any atom is 0.260 e. The highest BCUT2D eigenvalue weighted by molar-refractivity contribution is 9.10. The van der Waals surface area contributed by atoms with E-state index in [9.17, 15) is 4.79 Å². The minimum absolute atomic E-state index is 0.0272. The summed E-state index contributed by atoms with van der Waals surface area (Å²) in [6.07, 6.45) is 1.73. The molecule has 0 unspecified atom stereocenters. The Bertz CT molecular complexity index is 453. The number of rotatable bonds is 3. The summed E-state index contributed by atoms with van der Waals surface area (Å²) in [5.41, 5.74) is 5.89.